The fraction of sp³-hybridized carbons (Fsp3) is 0.600. The van der Waals surface area contributed by atoms with Crippen LogP contribution in [0.1, 0.15) is 20.8 Å². The highest BCUT2D eigenvalue weighted by Crippen LogP contribution is 1.87. The predicted octanol–water partition coefficient (Wildman–Crippen LogP) is 0.878. The van der Waals surface area contributed by atoms with Crippen LogP contribution >= 0.6 is 0 Å². The first-order valence-corrected chi connectivity index (χ1v) is 4.69. The quantitative estimate of drug-likeness (QED) is 0.528. The molecule has 0 unspecified atom stereocenters. The average molecular weight is 199 g/mol. The van der Waals surface area contributed by atoms with Crippen LogP contribution in [0.15, 0.2) is 12.2 Å². The molecule has 0 radical (unpaired) electrons. The lowest BCUT2D eigenvalue weighted by Crippen LogP contribution is -2.25. The Morgan fingerprint density at radius 2 is 2.00 bits per heavy atom. The number of nitrogens with one attached hydrogen (secondary N) is 1. The monoisotopic (exact) mass is 199 g/mol. The summed E-state index contributed by atoms with van der Waals surface area (Å²) >= 11 is 0. The fourth-order valence-electron chi connectivity index (χ4n) is 0.698. The molecule has 0 atom stereocenters. The van der Waals surface area contributed by atoms with Gasteiger partial charge in [-0.2, -0.15) is 0 Å². The van der Waals surface area contributed by atoms with Gasteiger partial charge in [-0.25, -0.2) is 4.79 Å². The normalized spacial score (nSPS) is 10.6. The highest BCUT2D eigenvalue weighted by molar-refractivity contribution is 5.94. The van der Waals surface area contributed by atoms with Crippen LogP contribution < -0.4 is 5.32 Å². The molecular weight excluding hydrogens is 182 g/mol. The molecule has 0 aromatic carbocycles. The summed E-state index contributed by atoms with van der Waals surface area (Å²) in [5, 5.41) is 2.65. The second-order valence-electron chi connectivity index (χ2n) is 3.22. The topological polar surface area (TPSA) is 55.4 Å². The summed E-state index contributed by atoms with van der Waals surface area (Å²) in [6.45, 7) is 6.62. The molecule has 80 valence electrons. The first-order valence-electron chi connectivity index (χ1n) is 4.69. The standard InChI is InChI=1S/C10H17NO3/c1-4-14-10(13)6-5-9(12)11-7-8(2)3/h5-6,8H,4,7H2,1-3H3,(H,11,12)/b6-5+. The van der Waals surface area contributed by atoms with Gasteiger partial charge in [0.2, 0.25) is 5.91 Å². The third kappa shape index (κ3) is 7.34. The molecule has 0 aromatic heterocycles. The molecule has 0 aliphatic rings. The molecular formula is C10H17NO3. The van der Waals surface area contributed by atoms with E-state index in [2.05, 4.69) is 10.1 Å². The van der Waals surface area contributed by atoms with Gasteiger partial charge < -0.3 is 10.1 Å². The van der Waals surface area contributed by atoms with E-state index in [1.165, 1.54) is 6.08 Å². The molecule has 0 fully saturated rings. The Morgan fingerprint density at radius 1 is 1.36 bits per heavy atom. The van der Waals surface area contributed by atoms with Gasteiger partial charge in [-0.15, -0.1) is 0 Å². The maximum absolute atomic E-state index is 11.1. The van der Waals surface area contributed by atoms with E-state index in [1.807, 2.05) is 13.8 Å². The van der Waals surface area contributed by atoms with Crippen molar-refractivity contribution in [3.8, 4) is 0 Å². The van der Waals surface area contributed by atoms with Crippen molar-refractivity contribution in [1.29, 1.82) is 0 Å². The number of ether oxygens (including phenoxy) is 1. The van der Waals surface area contributed by atoms with Crippen LogP contribution in [0, 0.1) is 5.92 Å². The van der Waals surface area contributed by atoms with Gasteiger partial charge in [0.05, 0.1) is 6.61 Å². The van der Waals surface area contributed by atoms with Gasteiger partial charge in [0, 0.05) is 18.7 Å². The number of carbonyl (C=O) groups is 2. The Morgan fingerprint density at radius 3 is 2.50 bits per heavy atom. The summed E-state index contributed by atoms with van der Waals surface area (Å²) in [5.74, 6) is -0.367. The smallest absolute Gasteiger partial charge is 0.330 e. The molecule has 4 heteroatoms. The Balaban J connectivity index is 3.76. The fourth-order valence-corrected chi connectivity index (χ4v) is 0.698. The van der Waals surface area contributed by atoms with E-state index >= 15 is 0 Å². The molecule has 0 bridgehead atoms. The molecule has 0 aliphatic heterocycles. The Labute approximate surface area is 84.3 Å². The summed E-state index contributed by atoms with van der Waals surface area (Å²) in [5.41, 5.74) is 0. The summed E-state index contributed by atoms with van der Waals surface area (Å²) in [6.07, 6.45) is 2.31. The van der Waals surface area contributed by atoms with Crippen LogP contribution in [0.2, 0.25) is 0 Å². The highest BCUT2D eigenvalue weighted by Gasteiger charge is 1.99. The number of esters is 1. The first kappa shape index (κ1) is 12.7. The van der Waals surface area contributed by atoms with E-state index in [-0.39, 0.29) is 5.91 Å². The van der Waals surface area contributed by atoms with E-state index < -0.39 is 5.97 Å². The van der Waals surface area contributed by atoms with Crippen molar-refractivity contribution < 1.29 is 14.3 Å². The Kier molecular flexibility index (Phi) is 6.45. The number of hydrogen-bond acceptors (Lipinski definition) is 3. The molecule has 1 amide bonds. The number of amides is 1. The molecule has 0 aromatic rings. The summed E-state index contributed by atoms with van der Waals surface area (Å²) < 4.78 is 4.61. The van der Waals surface area contributed by atoms with Crippen molar-refractivity contribution >= 4 is 11.9 Å². The second-order valence-corrected chi connectivity index (χ2v) is 3.22. The number of carbonyl (C=O) groups excluding carboxylic acids is 2. The van der Waals surface area contributed by atoms with Gasteiger partial charge >= 0.3 is 5.97 Å². The van der Waals surface area contributed by atoms with Crippen LogP contribution in [0.3, 0.4) is 0 Å². The highest BCUT2D eigenvalue weighted by atomic mass is 16.5. The molecule has 0 saturated carbocycles. The zero-order valence-electron chi connectivity index (χ0n) is 8.87. The van der Waals surface area contributed by atoms with Crippen molar-refractivity contribution in [3.05, 3.63) is 12.2 Å². The maximum Gasteiger partial charge on any atom is 0.330 e. The molecule has 0 saturated heterocycles. The zero-order chi connectivity index (χ0) is 11.0. The third-order valence-corrected chi connectivity index (χ3v) is 1.34. The van der Waals surface area contributed by atoms with Crippen LogP contribution in [-0.4, -0.2) is 25.0 Å². The molecule has 0 heterocycles. The van der Waals surface area contributed by atoms with Crippen LogP contribution in [0.5, 0.6) is 0 Å². The van der Waals surface area contributed by atoms with Crippen LogP contribution in [-0.2, 0) is 14.3 Å². The zero-order valence-corrected chi connectivity index (χ0v) is 8.87. The molecule has 4 nitrogen and oxygen atoms in total. The van der Waals surface area contributed by atoms with Gasteiger partial charge in [0.25, 0.3) is 0 Å². The molecule has 0 aliphatic carbocycles. The first-order chi connectivity index (χ1) is 6.56. The van der Waals surface area contributed by atoms with Crippen molar-refractivity contribution in [2.75, 3.05) is 13.2 Å². The van der Waals surface area contributed by atoms with Crippen LogP contribution in [0.25, 0.3) is 0 Å². The van der Waals surface area contributed by atoms with Crippen molar-refractivity contribution in [1.82, 2.24) is 5.32 Å². The second kappa shape index (κ2) is 7.12. The minimum atomic E-state index is -0.493. The average Bonchev–Trinajstić information content (AvgIpc) is 2.12. The largest absolute Gasteiger partial charge is 0.463 e. The summed E-state index contributed by atoms with van der Waals surface area (Å²) in [4.78, 5) is 21.8. The van der Waals surface area contributed by atoms with Gasteiger partial charge in [-0.1, -0.05) is 13.8 Å². The minimum Gasteiger partial charge on any atom is -0.463 e. The van der Waals surface area contributed by atoms with Crippen LogP contribution in [0.4, 0.5) is 0 Å². The Bertz CT molecular complexity index is 221. The van der Waals surface area contributed by atoms with Crippen molar-refractivity contribution in [3.63, 3.8) is 0 Å². The molecule has 0 rings (SSSR count). The van der Waals surface area contributed by atoms with E-state index in [0.29, 0.717) is 19.1 Å². The summed E-state index contributed by atoms with van der Waals surface area (Å²) in [6, 6.07) is 0. The number of hydrogen-bond donors (Lipinski definition) is 1. The predicted molar refractivity (Wildman–Crippen MR) is 53.6 cm³/mol. The maximum atomic E-state index is 11.1. The van der Waals surface area contributed by atoms with Gasteiger partial charge in [0.15, 0.2) is 0 Å². The molecule has 14 heavy (non-hydrogen) atoms. The van der Waals surface area contributed by atoms with Gasteiger partial charge in [-0.3, -0.25) is 4.79 Å². The van der Waals surface area contributed by atoms with E-state index in [9.17, 15) is 9.59 Å². The minimum absolute atomic E-state index is 0.272. The van der Waals surface area contributed by atoms with E-state index in [1.54, 1.807) is 6.92 Å². The van der Waals surface area contributed by atoms with Gasteiger partial charge in [0.1, 0.15) is 0 Å². The van der Waals surface area contributed by atoms with Crippen molar-refractivity contribution in [2.45, 2.75) is 20.8 Å². The molecule has 0 spiro atoms. The van der Waals surface area contributed by atoms with E-state index in [4.69, 9.17) is 0 Å². The van der Waals surface area contributed by atoms with Gasteiger partial charge in [-0.05, 0) is 12.8 Å². The summed E-state index contributed by atoms with van der Waals surface area (Å²) in [7, 11) is 0. The SMILES string of the molecule is CCOC(=O)/C=C/C(=O)NCC(C)C. The lowest BCUT2D eigenvalue weighted by atomic mass is 10.2. The Hall–Kier alpha value is -1.32. The molecule has 1 N–H and O–H groups in total. The van der Waals surface area contributed by atoms with E-state index in [0.717, 1.165) is 6.08 Å². The third-order valence-electron chi connectivity index (χ3n) is 1.34. The van der Waals surface area contributed by atoms with Crippen molar-refractivity contribution in [2.24, 2.45) is 5.92 Å². The lowest BCUT2D eigenvalue weighted by molar-refractivity contribution is -0.137. The number of rotatable bonds is 5. The lowest BCUT2D eigenvalue weighted by Gasteiger charge is -2.03.